The second kappa shape index (κ2) is 15.1. The predicted molar refractivity (Wildman–Crippen MR) is 112 cm³/mol. The maximum absolute atomic E-state index is 11.5. The Morgan fingerprint density at radius 1 is 0.897 bits per heavy atom. The summed E-state index contributed by atoms with van der Waals surface area (Å²) in [6.45, 7) is 4.14. The molecule has 0 aliphatic heterocycles. The van der Waals surface area contributed by atoms with Crippen molar-refractivity contribution in [3.8, 4) is 0 Å². The zero-order chi connectivity index (χ0) is 20.8. The normalized spacial score (nSPS) is 11.4. The number of halogens is 1. The van der Waals surface area contributed by atoms with Crippen molar-refractivity contribution in [2.24, 2.45) is 5.73 Å². The summed E-state index contributed by atoms with van der Waals surface area (Å²) >= 11 is 0. The SMILES string of the molecule is CCOC(=O)C(N)c1ccccc1.CCOC(=O)C(NC=O)c1ccccc1.Cl. The zero-order valence-corrected chi connectivity index (χ0v) is 17.3. The molecule has 0 radical (unpaired) electrons. The molecule has 2 unspecified atom stereocenters. The number of benzene rings is 2. The van der Waals surface area contributed by atoms with Gasteiger partial charge in [0.15, 0.2) is 6.04 Å². The van der Waals surface area contributed by atoms with Crippen molar-refractivity contribution in [2.75, 3.05) is 13.2 Å². The van der Waals surface area contributed by atoms with E-state index in [1.54, 1.807) is 38.1 Å². The molecule has 1 amide bonds. The first-order valence-electron chi connectivity index (χ1n) is 8.93. The Bertz CT molecular complexity index is 728. The van der Waals surface area contributed by atoms with Crippen molar-refractivity contribution in [1.29, 1.82) is 0 Å². The van der Waals surface area contributed by atoms with E-state index in [2.05, 4.69) is 5.32 Å². The quantitative estimate of drug-likeness (QED) is 0.500. The molecule has 3 N–H and O–H groups in total. The van der Waals surface area contributed by atoms with E-state index in [-0.39, 0.29) is 18.4 Å². The van der Waals surface area contributed by atoms with E-state index < -0.39 is 18.1 Å². The Balaban J connectivity index is 0.000000527. The van der Waals surface area contributed by atoms with Gasteiger partial charge in [0.25, 0.3) is 0 Å². The van der Waals surface area contributed by atoms with Crippen LogP contribution in [-0.2, 0) is 23.9 Å². The number of esters is 2. The Morgan fingerprint density at radius 3 is 1.79 bits per heavy atom. The van der Waals surface area contributed by atoms with Crippen LogP contribution < -0.4 is 11.1 Å². The van der Waals surface area contributed by atoms with E-state index in [0.29, 0.717) is 25.2 Å². The van der Waals surface area contributed by atoms with E-state index in [4.69, 9.17) is 15.2 Å². The van der Waals surface area contributed by atoms with Crippen LogP contribution in [0.15, 0.2) is 60.7 Å². The number of hydrogen-bond donors (Lipinski definition) is 2. The lowest BCUT2D eigenvalue weighted by atomic mass is 10.1. The van der Waals surface area contributed by atoms with Crippen LogP contribution in [0.5, 0.6) is 0 Å². The fourth-order valence-corrected chi connectivity index (χ4v) is 2.27. The molecule has 2 rings (SSSR count). The maximum atomic E-state index is 11.5. The van der Waals surface area contributed by atoms with Crippen LogP contribution in [0.3, 0.4) is 0 Å². The minimum absolute atomic E-state index is 0. The molecule has 0 bridgehead atoms. The van der Waals surface area contributed by atoms with E-state index in [1.807, 2.05) is 36.4 Å². The number of rotatable bonds is 8. The van der Waals surface area contributed by atoms with Crippen molar-refractivity contribution in [2.45, 2.75) is 25.9 Å². The number of ether oxygens (including phenoxy) is 2. The topological polar surface area (TPSA) is 108 Å². The summed E-state index contributed by atoms with van der Waals surface area (Å²) in [4.78, 5) is 33.1. The summed E-state index contributed by atoms with van der Waals surface area (Å²) in [6.07, 6.45) is 0.495. The highest BCUT2D eigenvalue weighted by Gasteiger charge is 2.20. The highest BCUT2D eigenvalue weighted by Crippen LogP contribution is 2.13. The summed E-state index contributed by atoms with van der Waals surface area (Å²) < 4.78 is 9.64. The minimum Gasteiger partial charge on any atom is -0.465 e. The third-order valence-corrected chi connectivity index (χ3v) is 3.59. The molecular weight excluding hydrogens is 396 g/mol. The third kappa shape index (κ3) is 9.23. The number of nitrogens with two attached hydrogens (primary N) is 1. The van der Waals surface area contributed by atoms with Crippen LogP contribution in [0.25, 0.3) is 0 Å². The molecule has 0 aliphatic carbocycles. The molecule has 0 saturated carbocycles. The second-order valence-corrected chi connectivity index (χ2v) is 5.52. The van der Waals surface area contributed by atoms with Crippen molar-refractivity contribution in [3.05, 3.63) is 71.8 Å². The van der Waals surface area contributed by atoms with Gasteiger partial charge in [0.05, 0.1) is 13.2 Å². The lowest BCUT2D eigenvalue weighted by Gasteiger charge is -2.14. The number of nitrogens with one attached hydrogen (secondary N) is 1. The minimum atomic E-state index is -0.719. The summed E-state index contributed by atoms with van der Waals surface area (Å²) in [5.74, 6) is -0.829. The van der Waals surface area contributed by atoms with Gasteiger partial charge in [-0.15, -0.1) is 12.4 Å². The van der Waals surface area contributed by atoms with Gasteiger partial charge in [0.1, 0.15) is 6.04 Å². The van der Waals surface area contributed by atoms with Gasteiger partial charge in [-0.05, 0) is 25.0 Å². The third-order valence-electron chi connectivity index (χ3n) is 3.59. The fourth-order valence-electron chi connectivity index (χ4n) is 2.27. The van der Waals surface area contributed by atoms with Crippen LogP contribution in [-0.4, -0.2) is 31.6 Å². The van der Waals surface area contributed by atoms with E-state index in [0.717, 1.165) is 5.56 Å². The summed E-state index contributed by atoms with van der Waals surface area (Å²) in [5.41, 5.74) is 7.14. The molecule has 2 atom stereocenters. The molecule has 0 saturated heterocycles. The van der Waals surface area contributed by atoms with Crippen molar-refractivity contribution < 1.29 is 23.9 Å². The molecule has 2 aromatic rings. The van der Waals surface area contributed by atoms with Gasteiger partial charge in [-0.2, -0.15) is 0 Å². The molecule has 0 fully saturated rings. The second-order valence-electron chi connectivity index (χ2n) is 5.52. The van der Waals surface area contributed by atoms with Crippen LogP contribution in [0.4, 0.5) is 0 Å². The largest absolute Gasteiger partial charge is 0.465 e. The first-order chi connectivity index (χ1) is 13.5. The smallest absolute Gasteiger partial charge is 0.333 e. The molecule has 0 spiro atoms. The maximum Gasteiger partial charge on any atom is 0.333 e. The number of carbonyl (C=O) groups excluding carboxylic acids is 3. The van der Waals surface area contributed by atoms with Gasteiger partial charge >= 0.3 is 11.9 Å². The van der Waals surface area contributed by atoms with E-state index >= 15 is 0 Å². The molecule has 2 aromatic carbocycles. The van der Waals surface area contributed by atoms with Crippen LogP contribution in [0, 0.1) is 0 Å². The highest BCUT2D eigenvalue weighted by molar-refractivity contribution is 5.85. The molecule has 7 nitrogen and oxygen atoms in total. The standard InChI is InChI=1S/C11H13NO3.C10H13NO2.ClH/c1-2-15-11(14)10(12-8-13)9-6-4-3-5-7-9;1-2-13-10(12)9(11)8-6-4-3-5-7-8;/h3-8,10H,2H2,1H3,(H,12,13);3-7,9H,2,11H2,1H3;1H. The van der Waals surface area contributed by atoms with Crippen molar-refractivity contribution >= 4 is 30.8 Å². The number of amides is 1. The highest BCUT2D eigenvalue weighted by atomic mass is 35.5. The van der Waals surface area contributed by atoms with Crippen LogP contribution in [0.1, 0.15) is 37.1 Å². The Morgan fingerprint density at radius 2 is 1.34 bits per heavy atom. The van der Waals surface area contributed by atoms with Gasteiger partial charge in [-0.3, -0.25) is 4.79 Å². The monoisotopic (exact) mass is 422 g/mol. The zero-order valence-electron chi connectivity index (χ0n) is 16.4. The molecule has 0 aliphatic rings. The number of hydrogen-bond acceptors (Lipinski definition) is 6. The van der Waals surface area contributed by atoms with E-state index in [1.165, 1.54) is 0 Å². The average Bonchev–Trinajstić information content (AvgIpc) is 2.73. The Labute approximate surface area is 177 Å². The lowest BCUT2D eigenvalue weighted by Crippen LogP contribution is -2.29. The summed E-state index contributed by atoms with van der Waals surface area (Å²) in [5, 5.41) is 2.43. The fraction of sp³-hybridized carbons (Fsp3) is 0.286. The van der Waals surface area contributed by atoms with Crippen LogP contribution >= 0.6 is 12.4 Å². The predicted octanol–water partition coefficient (Wildman–Crippen LogP) is 2.71. The number of carbonyl (C=O) groups is 3. The van der Waals surface area contributed by atoms with Gasteiger partial charge in [-0.25, -0.2) is 9.59 Å². The lowest BCUT2D eigenvalue weighted by molar-refractivity contribution is -0.147. The molecule has 0 aromatic heterocycles. The van der Waals surface area contributed by atoms with Crippen LogP contribution in [0.2, 0.25) is 0 Å². The average molecular weight is 423 g/mol. The molecular formula is C21H27ClN2O5. The van der Waals surface area contributed by atoms with Gasteiger partial charge < -0.3 is 20.5 Å². The Hall–Kier alpha value is -2.90. The molecule has 158 valence electrons. The van der Waals surface area contributed by atoms with Gasteiger partial charge in [-0.1, -0.05) is 60.7 Å². The van der Waals surface area contributed by atoms with Gasteiger partial charge in [0, 0.05) is 0 Å². The van der Waals surface area contributed by atoms with Gasteiger partial charge in [0.2, 0.25) is 6.41 Å². The van der Waals surface area contributed by atoms with Crippen molar-refractivity contribution in [3.63, 3.8) is 0 Å². The van der Waals surface area contributed by atoms with E-state index in [9.17, 15) is 14.4 Å². The molecule has 29 heavy (non-hydrogen) atoms. The summed E-state index contributed by atoms with van der Waals surface area (Å²) in [6, 6.07) is 16.8. The molecule has 8 heteroatoms. The van der Waals surface area contributed by atoms with Crippen molar-refractivity contribution in [1.82, 2.24) is 5.32 Å². The first kappa shape index (κ1) is 26.1. The molecule has 0 heterocycles. The first-order valence-corrected chi connectivity index (χ1v) is 8.93. The Kier molecular flexibility index (Phi) is 13.6. The summed E-state index contributed by atoms with van der Waals surface area (Å²) in [7, 11) is 0.